The molecule has 0 saturated heterocycles. The second-order valence-electron chi connectivity index (χ2n) is 4.89. The molecule has 0 radical (unpaired) electrons. The van der Waals surface area contributed by atoms with Gasteiger partial charge in [-0.1, -0.05) is 0 Å². The number of phenols is 2. The summed E-state index contributed by atoms with van der Waals surface area (Å²) in [4.78, 5) is 43.7. The SMILES string of the molecule is O=C(O)Cc1c(O)c(CC(=O)O)c(CC(=O)O)c(O)c1CC(=O)O. The highest BCUT2D eigenvalue weighted by molar-refractivity contribution is 5.82. The molecule has 0 aliphatic rings. The second-order valence-corrected chi connectivity index (χ2v) is 4.89. The topological polar surface area (TPSA) is 190 Å². The predicted molar refractivity (Wildman–Crippen MR) is 75.1 cm³/mol. The van der Waals surface area contributed by atoms with Gasteiger partial charge in [0.25, 0.3) is 0 Å². The Morgan fingerprint density at radius 2 is 0.667 bits per heavy atom. The first-order chi connectivity index (χ1) is 11.0. The third-order valence-electron chi connectivity index (χ3n) is 3.18. The molecule has 0 bridgehead atoms. The minimum Gasteiger partial charge on any atom is -0.507 e. The van der Waals surface area contributed by atoms with E-state index in [0.29, 0.717) is 0 Å². The van der Waals surface area contributed by atoms with Gasteiger partial charge in [-0.25, -0.2) is 0 Å². The van der Waals surface area contributed by atoms with Gasteiger partial charge in [0.1, 0.15) is 11.5 Å². The molecule has 0 atom stereocenters. The number of benzene rings is 1. The molecule has 10 heteroatoms. The molecular formula is C14H14O10. The van der Waals surface area contributed by atoms with E-state index in [1.807, 2.05) is 0 Å². The van der Waals surface area contributed by atoms with Crippen LogP contribution in [0.4, 0.5) is 0 Å². The van der Waals surface area contributed by atoms with Crippen molar-refractivity contribution in [3.8, 4) is 11.5 Å². The van der Waals surface area contributed by atoms with Crippen LogP contribution in [0.1, 0.15) is 22.3 Å². The summed E-state index contributed by atoms with van der Waals surface area (Å²) < 4.78 is 0. The Labute approximate surface area is 134 Å². The lowest BCUT2D eigenvalue weighted by molar-refractivity contribution is -0.138. The van der Waals surface area contributed by atoms with Gasteiger partial charge < -0.3 is 30.6 Å². The van der Waals surface area contributed by atoms with E-state index in [-0.39, 0.29) is 0 Å². The van der Waals surface area contributed by atoms with Crippen molar-refractivity contribution < 1.29 is 49.8 Å². The first kappa shape index (κ1) is 18.7. The zero-order valence-electron chi connectivity index (χ0n) is 12.1. The van der Waals surface area contributed by atoms with Crippen molar-refractivity contribution >= 4 is 23.9 Å². The molecule has 0 fully saturated rings. The van der Waals surface area contributed by atoms with Gasteiger partial charge in [-0.05, 0) is 0 Å². The molecule has 0 aromatic heterocycles. The Hall–Kier alpha value is -3.30. The summed E-state index contributed by atoms with van der Waals surface area (Å²) in [6.45, 7) is 0. The minimum absolute atomic E-state index is 0.465. The van der Waals surface area contributed by atoms with Crippen LogP contribution in [0, 0.1) is 0 Å². The van der Waals surface area contributed by atoms with Crippen molar-refractivity contribution in [3.05, 3.63) is 22.3 Å². The van der Waals surface area contributed by atoms with E-state index >= 15 is 0 Å². The molecular weight excluding hydrogens is 328 g/mol. The molecule has 0 spiro atoms. The Morgan fingerprint density at radius 1 is 0.500 bits per heavy atom. The van der Waals surface area contributed by atoms with Crippen LogP contribution in [-0.4, -0.2) is 54.5 Å². The molecule has 6 N–H and O–H groups in total. The van der Waals surface area contributed by atoms with E-state index in [4.69, 9.17) is 20.4 Å². The average molecular weight is 342 g/mol. The normalized spacial score (nSPS) is 10.3. The van der Waals surface area contributed by atoms with Crippen LogP contribution in [0.15, 0.2) is 0 Å². The Morgan fingerprint density at radius 3 is 0.792 bits per heavy atom. The molecule has 1 rings (SSSR count). The molecule has 0 unspecified atom stereocenters. The van der Waals surface area contributed by atoms with Crippen LogP contribution >= 0.6 is 0 Å². The van der Waals surface area contributed by atoms with E-state index in [9.17, 15) is 29.4 Å². The quantitative estimate of drug-likeness (QED) is 0.339. The van der Waals surface area contributed by atoms with Crippen molar-refractivity contribution in [3.63, 3.8) is 0 Å². The lowest BCUT2D eigenvalue weighted by atomic mass is 9.89. The fourth-order valence-corrected chi connectivity index (χ4v) is 2.30. The zero-order valence-corrected chi connectivity index (χ0v) is 12.1. The molecule has 0 amide bonds. The van der Waals surface area contributed by atoms with Gasteiger partial charge >= 0.3 is 23.9 Å². The van der Waals surface area contributed by atoms with Crippen molar-refractivity contribution in [2.45, 2.75) is 25.7 Å². The van der Waals surface area contributed by atoms with Crippen molar-refractivity contribution in [2.24, 2.45) is 0 Å². The molecule has 1 aromatic rings. The van der Waals surface area contributed by atoms with Crippen LogP contribution in [0.2, 0.25) is 0 Å². The summed E-state index contributed by atoms with van der Waals surface area (Å²) in [6, 6.07) is 0. The summed E-state index contributed by atoms with van der Waals surface area (Å²) in [7, 11) is 0. The summed E-state index contributed by atoms with van der Waals surface area (Å²) in [5, 5.41) is 55.9. The number of rotatable bonds is 8. The standard InChI is InChI=1S/C14H14O10/c15-9(16)1-5-6(2-10(17)18)14(24)8(4-12(21)22)7(13(5)23)3-11(19)20/h23-24H,1-4H2,(H,15,16)(H,17,18)(H,19,20)(H,21,22). The fraction of sp³-hybridized carbons (Fsp3) is 0.286. The first-order valence-electron chi connectivity index (χ1n) is 6.49. The van der Waals surface area contributed by atoms with Crippen molar-refractivity contribution in [2.75, 3.05) is 0 Å². The molecule has 0 heterocycles. The van der Waals surface area contributed by atoms with E-state index in [0.717, 1.165) is 0 Å². The van der Waals surface area contributed by atoms with E-state index in [2.05, 4.69) is 0 Å². The maximum absolute atomic E-state index is 10.9. The number of hydrogen-bond donors (Lipinski definition) is 6. The number of carboxylic acid groups (broad SMARTS) is 4. The average Bonchev–Trinajstić information content (AvgIpc) is 2.42. The first-order valence-corrected chi connectivity index (χ1v) is 6.49. The second kappa shape index (κ2) is 7.31. The lowest BCUT2D eigenvalue weighted by Gasteiger charge is -2.18. The van der Waals surface area contributed by atoms with E-state index < -0.39 is 83.3 Å². The lowest BCUT2D eigenvalue weighted by Crippen LogP contribution is -2.15. The van der Waals surface area contributed by atoms with Gasteiger partial charge in [0.15, 0.2) is 0 Å². The summed E-state index contributed by atoms with van der Waals surface area (Å²) >= 11 is 0. The molecule has 24 heavy (non-hydrogen) atoms. The number of aromatic hydroxyl groups is 2. The molecule has 0 aliphatic heterocycles. The molecule has 0 saturated carbocycles. The third kappa shape index (κ3) is 4.35. The maximum atomic E-state index is 10.9. The Bertz CT molecular complexity index is 601. The van der Waals surface area contributed by atoms with Gasteiger partial charge in [0.05, 0.1) is 25.7 Å². The monoisotopic (exact) mass is 342 g/mol. The highest BCUT2D eigenvalue weighted by atomic mass is 16.4. The van der Waals surface area contributed by atoms with Gasteiger partial charge in [0, 0.05) is 22.3 Å². The van der Waals surface area contributed by atoms with Crippen LogP contribution in [0.3, 0.4) is 0 Å². The Kier molecular flexibility index (Phi) is 5.71. The van der Waals surface area contributed by atoms with Crippen LogP contribution in [0.5, 0.6) is 11.5 Å². The molecule has 0 aliphatic carbocycles. The molecule has 130 valence electrons. The van der Waals surface area contributed by atoms with E-state index in [1.54, 1.807) is 0 Å². The molecule has 10 nitrogen and oxygen atoms in total. The predicted octanol–water partition coefficient (Wildman–Crippen LogP) is -0.394. The largest absolute Gasteiger partial charge is 0.507 e. The highest BCUT2D eigenvalue weighted by Gasteiger charge is 2.28. The number of carbonyl (C=O) groups is 4. The van der Waals surface area contributed by atoms with Gasteiger partial charge in [0.2, 0.25) is 0 Å². The smallest absolute Gasteiger partial charge is 0.307 e. The van der Waals surface area contributed by atoms with Crippen LogP contribution in [-0.2, 0) is 44.9 Å². The van der Waals surface area contributed by atoms with Crippen LogP contribution in [0.25, 0.3) is 0 Å². The molecule has 1 aromatic carbocycles. The van der Waals surface area contributed by atoms with Gasteiger partial charge in [-0.15, -0.1) is 0 Å². The zero-order chi connectivity index (χ0) is 18.6. The van der Waals surface area contributed by atoms with E-state index in [1.165, 1.54) is 0 Å². The summed E-state index contributed by atoms with van der Waals surface area (Å²) in [6.07, 6.45) is -3.49. The highest BCUT2D eigenvalue weighted by Crippen LogP contribution is 2.39. The van der Waals surface area contributed by atoms with Crippen molar-refractivity contribution in [1.29, 1.82) is 0 Å². The van der Waals surface area contributed by atoms with Crippen molar-refractivity contribution in [1.82, 2.24) is 0 Å². The summed E-state index contributed by atoms with van der Waals surface area (Å²) in [5.74, 6) is -7.51. The third-order valence-corrected chi connectivity index (χ3v) is 3.18. The van der Waals surface area contributed by atoms with Gasteiger partial charge in [-0.2, -0.15) is 0 Å². The minimum atomic E-state index is -1.46. The number of carboxylic acids is 4. The Balaban J connectivity index is 3.76. The fourth-order valence-electron chi connectivity index (χ4n) is 2.30. The number of phenolic OH excluding ortho intramolecular Hbond substituents is 2. The summed E-state index contributed by atoms with van der Waals surface area (Å²) in [5.41, 5.74) is -1.86. The van der Waals surface area contributed by atoms with Crippen LogP contribution < -0.4 is 0 Å². The number of aliphatic carboxylic acids is 4. The number of hydrogen-bond acceptors (Lipinski definition) is 6. The van der Waals surface area contributed by atoms with Gasteiger partial charge in [-0.3, -0.25) is 19.2 Å². The maximum Gasteiger partial charge on any atom is 0.307 e.